The number of aliphatic hydroxyl groups excluding tert-OH is 1. The fraction of sp³-hybridized carbons (Fsp3) is 0.100. The molecule has 1 aliphatic rings. The molecule has 0 radical (unpaired) electrons. The van der Waals surface area contributed by atoms with Gasteiger partial charge in [-0.15, -0.1) is 0 Å². The Labute approximate surface area is 208 Å². The number of carbonyl (C=O) groups is 1. The molecular formula is C30H24O6. The number of aliphatic hydroxyl groups is 1. The number of carbonyl (C=O) groups excluding carboxylic acids is 1. The van der Waals surface area contributed by atoms with Gasteiger partial charge in [0.25, 0.3) is 0 Å². The Bertz CT molecular complexity index is 1320. The minimum atomic E-state index is -0.874. The van der Waals surface area contributed by atoms with Crippen molar-refractivity contribution >= 4 is 11.5 Å². The van der Waals surface area contributed by atoms with Crippen LogP contribution in [0.4, 0.5) is 0 Å². The van der Waals surface area contributed by atoms with Gasteiger partial charge in [0.05, 0.1) is 5.57 Å². The largest absolute Gasteiger partial charge is 0.508 e. The molecule has 0 aliphatic carbocycles. The van der Waals surface area contributed by atoms with Crippen LogP contribution in [0.3, 0.4) is 0 Å². The summed E-state index contributed by atoms with van der Waals surface area (Å²) < 4.78 is 17.7. The van der Waals surface area contributed by atoms with E-state index in [4.69, 9.17) is 14.2 Å². The Morgan fingerprint density at radius 3 is 1.75 bits per heavy atom. The highest BCUT2D eigenvalue weighted by atomic mass is 16.6. The van der Waals surface area contributed by atoms with Crippen LogP contribution in [0.15, 0.2) is 109 Å². The minimum absolute atomic E-state index is 0.0774. The van der Waals surface area contributed by atoms with Crippen molar-refractivity contribution in [3.8, 4) is 17.2 Å². The monoisotopic (exact) mass is 480 g/mol. The third-order valence-electron chi connectivity index (χ3n) is 5.82. The second-order valence-corrected chi connectivity index (χ2v) is 8.38. The Balaban J connectivity index is 1.48. The summed E-state index contributed by atoms with van der Waals surface area (Å²) in [5.74, 6) is -0.133. The summed E-state index contributed by atoms with van der Waals surface area (Å²) in [5.41, 5.74) is 3.47. The van der Waals surface area contributed by atoms with Crippen molar-refractivity contribution in [2.45, 2.75) is 19.3 Å². The molecule has 0 amide bonds. The zero-order chi connectivity index (χ0) is 24.9. The summed E-state index contributed by atoms with van der Waals surface area (Å²) in [6.45, 7) is 0.692. The van der Waals surface area contributed by atoms with E-state index >= 15 is 0 Å². The van der Waals surface area contributed by atoms with E-state index in [2.05, 4.69) is 0 Å². The lowest BCUT2D eigenvalue weighted by Gasteiger charge is -2.18. The van der Waals surface area contributed by atoms with Crippen LogP contribution in [-0.4, -0.2) is 16.2 Å². The van der Waals surface area contributed by atoms with Gasteiger partial charge in [-0.25, -0.2) is 4.79 Å². The first kappa shape index (κ1) is 23.1. The van der Waals surface area contributed by atoms with E-state index in [1.165, 1.54) is 12.1 Å². The van der Waals surface area contributed by atoms with Crippen LogP contribution < -0.4 is 9.47 Å². The van der Waals surface area contributed by atoms with Gasteiger partial charge >= 0.3 is 5.97 Å². The average molecular weight is 481 g/mol. The maximum absolute atomic E-state index is 12.4. The van der Waals surface area contributed by atoms with Gasteiger partial charge in [0.2, 0.25) is 5.76 Å². The van der Waals surface area contributed by atoms with Crippen LogP contribution in [-0.2, 0) is 22.7 Å². The van der Waals surface area contributed by atoms with Gasteiger partial charge in [0.1, 0.15) is 30.5 Å². The number of esters is 1. The second-order valence-electron chi connectivity index (χ2n) is 8.38. The average Bonchev–Trinajstić information content (AvgIpc) is 3.22. The molecule has 4 aromatic carbocycles. The highest BCUT2D eigenvalue weighted by Crippen LogP contribution is 2.43. The Morgan fingerprint density at radius 1 is 0.694 bits per heavy atom. The van der Waals surface area contributed by atoms with Gasteiger partial charge in [-0.3, -0.25) is 0 Å². The quantitative estimate of drug-likeness (QED) is 0.296. The molecule has 6 heteroatoms. The van der Waals surface area contributed by atoms with Gasteiger partial charge in [-0.05, 0) is 41.0 Å². The van der Waals surface area contributed by atoms with E-state index in [1.54, 1.807) is 30.3 Å². The molecule has 0 aromatic heterocycles. The van der Waals surface area contributed by atoms with Gasteiger partial charge in [-0.1, -0.05) is 72.8 Å². The smallest absolute Gasteiger partial charge is 0.374 e. The maximum Gasteiger partial charge on any atom is 0.374 e. The lowest BCUT2D eigenvalue weighted by Crippen LogP contribution is -2.05. The van der Waals surface area contributed by atoms with E-state index in [9.17, 15) is 15.0 Å². The molecule has 36 heavy (non-hydrogen) atoms. The molecule has 4 aromatic rings. The van der Waals surface area contributed by atoms with Crippen LogP contribution in [0.25, 0.3) is 5.57 Å². The maximum atomic E-state index is 12.4. The molecule has 1 heterocycles. The highest BCUT2D eigenvalue weighted by Gasteiger charge is 2.36. The Hall–Kier alpha value is -4.71. The first-order chi connectivity index (χ1) is 17.6. The summed E-state index contributed by atoms with van der Waals surface area (Å²) in [7, 11) is 0. The van der Waals surface area contributed by atoms with E-state index in [0.29, 0.717) is 41.4 Å². The number of ether oxygens (including phenoxy) is 3. The molecule has 0 bridgehead atoms. The van der Waals surface area contributed by atoms with Crippen molar-refractivity contribution < 1.29 is 29.2 Å². The standard InChI is InChI=1S/C30H24O6/c31-24-13-11-22(12-14-24)27-28(32)30(33)36-29(27)23-15-25(34-18-20-7-3-1-4-8-20)17-26(16-23)35-19-21-9-5-2-6-10-21/h1-17,29,31-32H,18-19H2. The summed E-state index contributed by atoms with van der Waals surface area (Å²) >= 11 is 0. The number of phenolic OH excluding ortho intramolecular Hbond substituents is 1. The van der Waals surface area contributed by atoms with Crippen molar-refractivity contribution in [3.63, 3.8) is 0 Å². The van der Waals surface area contributed by atoms with Crippen LogP contribution in [0.2, 0.25) is 0 Å². The number of rotatable bonds is 8. The van der Waals surface area contributed by atoms with E-state index in [1.807, 2.05) is 60.7 Å². The van der Waals surface area contributed by atoms with Crippen molar-refractivity contribution in [2.75, 3.05) is 0 Å². The summed E-state index contributed by atoms with van der Waals surface area (Å²) in [6.07, 6.45) is -0.874. The molecule has 5 rings (SSSR count). The molecular weight excluding hydrogens is 456 g/mol. The number of aromatic hydroxyl groups is 1. The molecule has 0 spiro atoms. The van der Waals surface area contributed by atoms with E-state index < -0.39 is 17.8 Å². The van der Waals surface area contributed by atoms with Crippen molar-refractivity contribution in [1.82, 2.24) is 0 Å². The molecule has 0 saturated carbocycles. The number of hydrogen-bond acceptors (Lipinski definition) is 6. The van der Waals surface area contributed by atoms with E-state index in [0.717, 1.165) is 11.1 Å². The predicted octanol–water partition coefficient (Wildman–Crippen LogP) is 6.12. The zero-order valence-electron chi connectivity index (χ0n) is 19.3. The summed E-state index contributed by atoms with van der Waals surface area (Å²) in [4.78, 5) is 12.4. The molecule has 0 fully saturated rings. The highest BCUT2D eigenvalue weighted by molar-refractivity contribution is 6.00. The Kier molecular flexibility index (Phi) is 6.58. The number of phenols is 1. The first-order valence-electron chi connectivity index (χ1n) is 11.5. The lowest BCUT2D eigenvalue weighted by atomic mass is 9.95. The van der Waals surface area contributed by atoms with Crippen molar-refractivity contribution in [2.24, 2.45) is 0 Å². The molecule has 1 aliphatic heterocycles. The van der Waals surface area contributed by atoms with Crippen molar-refractivity contribution in [3.05, 3.63) is 131 Å². The number of benzene rings is 4. The number of cyclic esters (lactones) is 1. The van der Waals surface area contributed by atoms with Crippen LogP contribution >= 0.6 is 0 Å². The van der Waals surface area contributed by atoms with Gasteiger partial charge in [-0.2, -0.15) is 0 Å². The summed E-state index contributed by atoms with van der Waals surface area (Å²) in [5, 5.41) is 20.2. The van der Waals surface area contributed by atoms with Gasteiger partial charge < -0.3 is 24.4 Å². The third kappa shape index (κ3) is 5.18. The topological polar surface area (TPSA) is 85.2 Å². The third-order valence-corrected chi connectivity index (χ3v) is 5.82. The molecule has 2 N–H and O–H groups in total. The predicted molar refractivity (Wildman–Crippen MR) is 134 cm³/mol. The first-order valence-corrected chi connectivity index (χ1v) is 11.5. The fourth-order valence-corrected chi connectivity index (χ4v) is 4.01. The second kappa shape index (κ2) is 10.3. The normalized spacial score (nSPS) is 15.0. The molecule has 180 valence electrons. The molecule has 6 nitrogen and oxygen atoms in total. The van der Waals surface area contributed by atoms with Crippen LogP contribution in [0.1, 0.15) is 28.4 Å². The molecule has 0 saturated heterocycles. The lowest BCUT2D eigenvalue weighted by molar-refractivity contribution is -0.142. The van der Waals surface area contributed by atoms with Gasteiger partial charge in [0, 0.05) is 11.6 Å². The van der Waals surface area contributed by atoms with E-state index in [-0.39, 0.29) is 5.75 Å². The molecule has 1 unspecified atom stereocenters. The minimum Gasteiger partial charge on any atom is -0.508 e. The SMILES string of the molecule is O=C1OC(c2cc(OCc3ccccc3)cc(OCc3ccccc3)c2)C(c2ccc(O)cc2)=C1O. The fourth-order valence-electron chi connectivity index (χ4n) is 4.01. The Morgan fingerprint density at radius 2 is 1.22 bits per heavy atom. The van der Waals surface area contributed by atoms with Crippen LogP contribution in [0, 0.1) is 0 Å². The zero-order valence-corrected chi connectivity index (χ0v) is 19.3. The van der Waals surface area contributed by atoms with Crippen molar-refractivity contribution in [1.29, 1.82) is 0 Å². The van der Waals surface area contributed by atoms with Crippen LogP contribution in [0.5, 0.6) is 17.2 Å². The molecule has 1 atom stereocenters. The number of hydrogen-bond donors (Lipinski definition) is 2. The van der Waals surface area contributed by atoms with Gasteiger partial charge in [0.15, 0.2) is 6.10 Å². The summed E-state index contributed by atoms with van der Waals surface area (Å²) in [6, 6.07) is 31.1.